The van der Waals surface area contributed by atoms with E-state index in [0.29, 0.717) is 0 Å². The lowest BCUT2D eigenvalue weighted by atomic mass is 9.73. The van der Waals surface area contributed by atoms with Crippen LogP contribution in [0, 0.1) is 0 Å². The first-order valence-corrected chi connectivity index (χ1v) is 33.4. The third-order valence-corrected chi connectivity index (χ3v) is 23.9. The lowest BCUT2D eigenvalue weighted by molar-refractivity contribution is 0.490. The van der Waals surface area contributed by atoms with Gasteiger partial charge < -0.3 is 0 Å². The molecule has 0 N–H and O–H groups in total. The second-order valence-corrected chi connectivity index (χ2v) is 26.5. The van der Waals surface area contributed by atoms with Gasteiger partial charge in [-0.2, -0.15) is 0 Å². The predicted octanol–water partition coefficient (Wildman–Crippen LogP) is 24.8. The topological polar surface area (TPSA) is 0 Å². The van der Waals surface area contributed by atoms with Crippen molar-refractivity contribution in [2.24, 2.45) is 0 Å². The zero-order chi connectivity index (χ0) is 59.6. The van der Waals surface area contributed by atoms with E-state index in [1.54, 1.807) is 0 Å². The first-order valence-electron chi connectivity index (χ1n) is 33.4. The summed E-state index contributed by atoms with van der Waals surface area (Å²) in [5, 5.41) is 10.5. The maximum absolute atomic E-state index is 2.62. The van der Waals surface area contributed by atoms with Crippen LogP contribution in [0.2, 0.25) is 0 Å². The lowest BCUT2D eigenvalue weighted by Gasteiger charge is -2.30. The average Bonchev–Trinajstić information content (AvgIpc) is 1.13. The Morgan fingerprint density at radius 3 is 0.614 bits per heavy atom. The van der Waals surface area contributed by atoms with E-state index < -0.39 is 0 Å². The molecule has 0 heterocycles. The van der Waals surface area contributed by atoms with E-state index >= 15 is 0 Å². The lowest BCUT2D eigenvalue weighted by Crippen LogP contribution is -2.22. The average molecular weight is 1130 g/mol. The smallest absolute Gasteiger partial charge is 0.0210 e. The van der Waals surface area contributed by atoms with Gasteiger partial charge in [0.2, 0.25) is 0 Å². The van der Waals surface area contributed by atoms with Crippen molar-refractivity contribution in [3.8, 4) is 89.0 Å². The Labute approximate surface area is 520 Å². The van der Waals surface area contributed by atoms with Crippen molar-refractivity contribution in [3.05, 3.63) is 263 Å². The molecule has 13 aromatic rings. The van der Waals surface area contributed by atoms with Crippen LogP contribution in [0.25, 0.3) is 132 Å². The van der Waals surface area contributed by atoms with Gasteiger partial charge in [0, 0.05) is 21.7 Å². The molecule has 13 aromatic carbocycles. The fourth-order valence-corrected chi connectivity index (χ4v) is 19.5. The molecule has 0 heteroatoms. The summed E-state index contributed by atoms with van der Waals surface area (Å²) in [6, 6.07) is 87.1. The third-order valence-electron chi connectivity index (χ3n) is 23.9. The second-order valence-electron chi connectivity index (χ2n) is 26.5. The van der Waals surface area contributed by atoms with E-state index in [1.165, 1.54) is 177 Å². The van der Waals surface area contributed by atoms with Crippen LogP contribution in [0.1, 0.15) is 151 Å². The summed E-state index contributed by atoms with van der Waals surface area (Å²) in [6.07, 6.45) is 8.44. The van der Waals surface area contributed by atoms with Crippen LogP contribution in [-0.4, -0.2) is 0 Å². The molecule has 0 nitrogen and oxygen atoms in total. The minimum atomic E-state index is -0.0437. The molecule has 0 saturated heterocycles. The molecule has 0 spiro atoms. The largest absolute Gasteiger partial charge is 0.0642 e. The summed E-state index contributed by atoms with van der Waals surface area (Å²) in [4.78, 5) is 0. The zero-order valence-corrected chi connectivity index (χ0v) is 52.4. The highest BCUT2D eigenvalue weighted by Crippen LogP contribution is 2.61. The van der Waals surface area contributed by atoms with Crippen molar-refractivity contribution < 1.29 is 0 Å². The van der Waals surface area contributed by atoms with Gasteiger partial charge in [0.05, 0.1) is 0 Å². The molecule has 88 heavy (non-hydrogen) atoms. The fraction of sp³-hybridized carbons (Fsp3) is 0.227. The zero-order valence-electron chi connectivity index (χ0n) is 52.4. The molecule has 4 aliphatic rings. The van der Waals surface area contributed by atoms with Crippen LogP contribution >= 0.6 is 0 Å². The number of fused-ring (bicyclic) bond motifs is 14. The monoisotopic (exact) mass is 1130 g/mol. The molecule has 0 fully saturated rings. The van der Waals surface area contributed by atoms with Crippen molar-refractivity contribution in [1.29, 1.82) is 0 Å². The summed E-state index contributed by atoms with van der Waals surface area (Å²) in [5.41, 5.74) is 33.1. The highest BCUT2D eigenvalue weighted by molar-refractivity contribution is 6.35. The number of hydrogen-bond donors (Lipinski definition) is 0. The molecular formula is C88H76. The van der Waals surface area contributed by atoms with Gasteiger partial charge in [0.25, 0.3) is 0 Å². The van der Waals surface area contributed by atoms with Gasteiger partial charge in [-0.15, -0.1) is 0 Å². The van der Waals surface area contributed by atoms with Crippen molar-refractivity contribution in [2.75, 3.05) is 0 Å². The van der Waals surface area contributed by atoms with Gasteiger partial charge in [-0.3, -0.25) is 0 Å². The molecule has 0 unspecified atom stereocenters. The van der Waals surface area contributed by atoms with Crippen LogP contribution in [0.15, 0.2) is 218 Å². The summed E-state index contributed by atoms with van der Waals surface area (Å²) in [5.74, 6) is 0. The molecule has 0 radical (unpaired) electrons. The Balaban J connectivity index is 1.04. The molecule has 0 atom stereocenters. The van der Waals surface area contributed by atoms with Crippen molar-refractivity contribution in [2.45, 2.75) is 128 Å². The quantitative estimate of drug-likeness (QED) is 0.0845. The van der Waals surface area contributed by atoms with E-state index in [-0.39, 0.29) is 21.7 Å². The van der Waals surface area contributed by atoms with Crippen LogP contribution in [0.4, 0.5) is 0 Å². The van der Waals surface area contributed by atoms with Crippen LogP contribution in [0.5, 0.6) is 0 Å². The van der Waals surface area contributed by atoms with Gasteiger partial charge in [-0.1, -0.05) is 225 Å². The highest BCUT2D eigenvalue weighted by atomic mass is 14.5. The van der Waals surface area contributed by atoms with Gasteiger partial charge in [0.1, 0.15) is 0 Å². The molecule has 17 rings (SSSR count). The maximum Gasteiger partial charge on any atom is 0.0210 e. The standard InChI is InChI=1S/C88H76/c1-9-85(10-2)71-37-21-17-29-63(71)81-59(33-25-41-75(81)85)53-45-57-46-54(60-34-26-42-76-82(60)64-30-18-22-38-72(64)86(76,11-3)12-4)51-69-70-52-56(62-36-28-44-78-84(62)66-32-20-24-40-74(66)88(78,15-7)16-8)48-58-47-55(50-68(80(58)70)67(49-53)79(57)69)61-35-27-43-77-83(61)65-31-19-23-39-73(65)87(77,13-5)14-6/h17-52H,9-16H2,1-8H3. The molecular weight excluding hydrogens is 1060 g/mol. The molecule has 4 aliphatic carbocycles. The van der Waals surface area contributed by atoms with Gasteiger partial charge in [-0.25, -0.2) is 0 Å². The molecule has 0 bridgehead atoms. The van der Waals surface area contributed by atoms with Crippen LogP contribution in [0.3, 0.4) is 0 Å². The number of benzene rings is 13. The van der Waals surface area contributed by atoms with Gasteiger partial charge in [0.15, 0.2) is 0 Å². The first kappa shape index (κ1) is 53.4. The summed E-state index contributed by atoms with van der Waals surface area (Å²) in [6.45, 7) is 19.2. The minimum absolute atomic E-state index is 0.0437. The Kier molecular flexibility index (Phi) is 11.7. The molecule has 0 saturated carbocycles. The van der Waals surface area contributed by atoms with E-state index in [2.05, 4.69) is 274 Å². The number of hydrogen-bond acceptors (Lipinski definition) is 0. The number of rotatable bonds is 12. The Morgan fingerprint density at radius 1 is 0.205 bits per heavy atom. The normalized spacial score (nSPS) is 15.5. The van der Waals surface area contributed by atoms with Crippen molar-refractivity contribution >= 4 is 43.1 Å². The third kappa shape index (κ3) is 6.66. The molecule has 0 amide bonds. The Morgan fingerprint density at radius 2 is 0.398 bits per heavy atom. The predicted molar refractivity (Wildman–Crippen MR) is 377 cm³/mol. The Hall–Kier alpha value is -8.84. The molecule has 0 aliphatic heterocycles. The summed E-state index contributed by atoms with van der Waals surface area (Å²) in [7, 11) is 0. The fourth-order valence-electron chi connectivity index (χ4n) is 19.5. The SMILES string of the molecule is CCC1(CC)c2ccccc2-c2c(-c3cc4cc(-c5cccc6c5-c5ccccc5C6(CC)CC)cc5c6cc(-c7cccc8c7-c7ccccc7C8(CC)CC)cc7cc(-c8cccc9c8-c8ccccc8C9(CC)CC)cc(c(c3)c45)c76)cccc21. The van der Waals surface area contributed by atoms with Gasteiger partial charge in [-0.05, 0) is 277 Å². The highest BCUT2D eigenvalue weighted by Gasteiger charge is 2.46. The van der Waals surface area contributed by atoms with Crippen molar-refractivity contribution in [3.63, 3.8) is 0 Å². The van der Waals surface area contributed by atoms with Crippen LogP contribution in [-0.2, 0) is 21.7 Å². The second kappa shape index (κ2) is 19.3. The van der Waals surface area contributed by atoms with E-state index in [1.807, 2.05) is 0 Å². The maximum atomic E-state index is 2.62. The molecule has 428 valence electrons. The minimum Gasteiger partial charge on any atom is -0.0642 e. The van der Waals surface area contributed by atoms with Gasteiger partial charge >= 0.3 is 0 Å². The molecule has 0 aromatic heterocycles. The summed E-state index contributed by atoms with van der Waals surface area (Å²) >= 11 is 0. The Bertz CT molecular complexity index is 4450. The van der Waals surface area contributed by atoms with E-state index in [9.17, 15) is 0 Å². The first-order chi connectivity index (χ1) is 43.2. The van der Waals surface area contributed by atoms with E-state index in [0.717, 1.165) is 51.4 Å². The van der Waals surface area contributed by atoms with Crippen LogP contribution < -0.4 is 0 Å². The summed E-state index contributed by atoms with van der Waals surface area (Å²) < 4.78 is 0. The van der Waals surface area contributed by atoms with E-state index in [4.69, 9.17) is 0 Å². The van der Waals surface area contributed by atoms with Crippen molar-refractivity contribution in [1.82, 2.24) is 0 Å².